The summed E-state index contributed by atoms with van der Waals surface area (Å²) in [6.45, 7) is 5.41. The van der Waals surface area contributed by atoms with Gasteiger partial charge in [-0.3, -0.25) is 4.79 Å². The van der Waals surface area contributed by atoms with Crippen molar-refractivity contribution >= 4 is 23.5 Å². The Labute approximate surface area is 111 Å². The van der Waals surface area contributed by atoms with Gasteiger partial charge in [0, 0.05) is 30.6 Å². The second-order valence-electron chi connectivity index (χ2n) is 4.37. The van der Waals surface area contributed by atoms with Crippen molar-refractivity contribution in [2.24, 2.45) is 0 Å². The maximum absolute atomic E-state index is 11.4. The van der Waals surface area contributed by atoms with Crippen LogP contribution in [0.25, 0.3) is 0 Å². The first-order valence-corrected chi connectivity index (χ1v) is 7.12. The third kappa shape index (κ3) is 2.58. The number of rotatable bonds is 2. The SMILES string of the molecule is CNC(=O)c1ccc(N2CCSC(C)C2C)nn1. The van der Waals surface area contributed by atoms with Crippen LogP contribution in [0.5, 0.6) is 0 Å². The molecule has 1 N–H and O–H groups in total. The lowest BCUT2D eigenvalue weighted by Crippen LogP contribution is -2.45. The van der Waals surface area contributed by atoms with Crippen molar-refractivity contribution < 1.29 is 4.79 Å². The summed E-state index contributed by atoms with van der Waals surface area (Å²) in [5.74, 6) is 1.75. The van der Waals surface area contributed by atoms with E-state index >= 15 is 0 Å². The van der Waals surface area contributed by atoms with Crippen LogP contribution in [0.1, 0.15) is 24.3 Å². The van der Waals surface area contributed by atoms with E-state index in [0.717, 1.165) is 18.1 Å². The minimum absolute atomic E-state index is 0.204. The number of hydrogen-bond acceptors (Lipinski definition) is 5. The van der Waals surface area contributed by atoms with E-state index in [1.807, 2.05) is 17.8 Å². The van der Waals surface area contributed by atoms with Crippen LogP contribution in [0.15, 0.2) is 12.1 Å². The van der Waals surface area contributed by atoms with Crippen molar-refractivity contribution in [2.75, 3.05) is 24.2 Å². The normalized spacial score (nSPS) is 23.8. The molecule has 1 aromatic heterocycles. The number of carbonyl (C=O) groups excluding carboxylic acids is 1. The largest absolute Gasteiger partial charge is 0.354 e. The van der Waals surface area contributed by atoms with Gasteiger partial charge in [-0.1, -0.05) is 6.92 Å². The molecule has 2 rings (SSSR count). The molecule has 2 atom stereocenters. The fourth-order valence-corrected chi connectivity index (χ4v) is 3.08. The summed E-state index contributed by atoms with van der Waals surface area (Å²) in [6.07, 6.45) is 0. The highest BCUT2D eigenvalue weighted by Gasteiger charge is 2.26. The Hall–Kier alpha value is -1.30. The second kappa shape index (κ2) is 5.56. The number of aromatic nitrogens is 2. The highest BCUT2D eigenvalue weighted by molar-refractivity contribution is 8.00. The van der Waals surface area contributed by atoms with Gasteiger partial charge in [-0.2, -0.15) is 11.8 Å². The quantitative estimate of drug-likeness (QED) is 0.870. The smallest absolute Gasteiger partial charge is 0.271 e. The van der Waals surface area contributed by atoms with Gasteiger partial charge in [-0.05, 0) is 19.1 Å². The van der Waals surface area contributed by atoms with E-state index in [1.165, 1.54) is 0 Å². The predicted molar refractivity (Wildman–Crippen MR) is 74.2 cm³/mol. The molecule has 5 nitrogen and oxygen atoms in total. The molecule has 0 aliphatic carbocycles. The monoisotopic (exact) mass is 266 g/mol. The van der Waals surface area contributed by atoms with Gasteiger partial charge in [0.25, 0.3) is 5.91 Å². The molecule has 0 saturated carbocycles. The van der Waals surface area contributed by atoms with Gasteiger partial charge in [0.05, 0.1) is 0 Å². The molecule has 1 aromatic rings. The van der Waals surface area contributed by atoms with E-state index in [4.69, 9.17) is 0 Å². The first kappa shape index (κ1) is 13.1. The van der Waals surface area contributed by atoms with Crippen molar-refractivity contribution in [3.05, 3.63) is 17.8 Å². The van der Waals surface area contributed by atoms with Crippen molar-refractivity contribution in [1.82, 2.24) is 15.5 Å². The highest BCUT2D eigenvalue weighted by atomic mass is 32.2. The van der Waals surface area contributed by atoms with Gasteiger partial charge in [-0.25, -0.2) is 0 Å². The van der Waals surface area contributed by atoms with Crippen LogP contribution in [0.3, 0.4) is 0 Å². The molecule has 2 heterocycles. The standard InChI is InChI=1S/C12H18N4OS/c1-8-9(2)18-7-6-16(8)11-5-4-10(14-15-11)12(17)13-3/h4-5,8-9H,6-7H2,1-3H3,(H,13,17). The lowest BCUT2D eigenvalue weighted by molar-refractivity contribution is 0.0957. The average Bonchev–Trinajstić information content (AvgIpc) is 2.41. The van der Waals surface area contributed by atoms with Crippen molar-refractivity contribution in [3.8, 4) is 0 Å². The summed E-state index contributed by atoms with van der Waals surface area (Å²) in [5.41, 5.74) is 0.355. The van der Waals surface area contributed by atoms with Crippen LogP contribution in [0, 0.1) is 0 Å². The summed E-state index contributed by atoms with van der Waals surface area (Å²) < 4.78 is 0. The van der Waals surface area contributed by atoms with E-state index in [-0.39, 0.29) is 5.91 Å². The first-order valence-electron chi connectivity index (χ1n) is 6.07. The zero-order valence-electron chi connectivity index (χ0n) is 10.9. The van der Waals surface area contributed by atoms with Crippen molar-refractivity contribution in [1.29, 1.82) is 0 Å². The molecule has 18 heavy (non-hydrogen) atoms. The molecule has 0 radical (unpaired) electrons. The van der Waals surface area contributed by atoms with E-state index in [9.17, 15) is 4.79 Å². The van der Waals surface area contributed by atoms with Crippen LogP contribution in [-0.4, -0.2) is 46.7 Å². The Balaban J connectivity index is 2.16. The lowest BCUT2D eigenvalue weighted by atomic mass is 10.2. The van der Waals surface area contributed by atoms with Crippen LogP contribution in [0.4, 0.5) is 5.82 Å². The van der Waals surface area contributed by atoms with Crippen LogP contribution < -0.4 is 10.2 Å². The minimum atomic E-state index is -0.204. The van der Waals surface area contributed by atoms with Crippen molar-refractivity contribution in [2.45, 2.75) is 25.1 Å². The van der Waals surface area contributed by atoms with Gasteiger partial charge < -0.3 is 10.2 Å². The predicted octanol–water partition coefficient (Wildman–Crippen LogP) is 1.17. The molecule has 1 saturated heterocycles. The molecule has 1 aliphatic heterocycles. The van der Waals surface area contributed by atoms with E-state index in [1.54, 1.807) is 13.1 Å². The van der Waals surface area contributed by atoms with Gasteiger partial charge >= 0.3 is 0 Å². The van der Waals surface area contributed by atoms with E-state index < -0.39 is 0 Å². The maximum atomic E-state index is 11.4. The zero-order chi connectivity index (χ0) is 13.1. The van der Waals surface area contributed by atoms with E-state index in [2.05, 4.69) is 34.3 Å². The first-order chi connectivity index (χ1) is 8.63. The Kier molecular flexibility index (Phi) is 4.06. The molecule has 0 spiro atoms. The summed E-state index contributed by atoms with van der Waals surface area (Å²) in [4.78, 5) is 13.6. The summed E-state index contributed by atoms with van der Waals surface area (Å²) in [7, 11) is 1.59. The van der Waals surface area contributed by atoms with E-state index in [0.29, 0.717) is 17.0 Å². The fourth-order valence-electron chi connectivity index (χ4n) is 1.98. The van der Waals surface area contributed by atoms with Gasteiger partial charge in [-0.15, -0.1) is 10.2 Å². The summed E-state index contributed by atoms with van der Waals surface area (Å²) in [6, 6.07) is 4.03. The van der Waals surface area contributed by atoms with Crippen LogP contribution >= 0.6 is 11.8 Å². The second-order valence-corrected chi connectivity index (χ2v) is 5.85. The van der Waals surface area contributed by atoms with Crippen LogP contribution in [-0.2, 0) is 0 Å². The Morgan fingerprint density at radius 3 is 2.83 bits per heavy atom. The highest BCUT2D eigenvalue weighted by Crippen LogP contribution is 2.27. The Bertz CT molecular complexity index is 423. The number of amides is 1. The minimum Gasteiger partial charge on any atom is -0.354 e. The summed E-state index contributed by atoms with van der Waals surface area (Å²) in [5, 5.41) is 11.3. The Morgan fingerprint density at radius 1 is 1.44 bits per heavy atom. The molecule has 0 aromatic carbocycles. The molecule has 2 unspecified atom stereocenters. The summed E-state index contributed by atoms with van der Waals surface area (Å²) >= 11 is 1.98. The molecule has 6 heteroatoms. The Morgan fingerprint density at radius 2 is 2.22 bits per heavy atom. The molecular weight excluding hydrogens is 248 g/mol. The molecular formula is C12H18N4OS. The average molecular weight is 266 g/mol. The van der Waals surface area contributed by atoms with Crippen LogP contribution in [0.2, 0.25) is 0 Å². The van der Waals surface area contributed by atoms with Gasteiger partial charge in [0.15, 0.2) is 11.5 Å². The number of carbonyl (C=O) groups is 1. The molecule has 98 valence electrons. The number of hydrogen-bond donors (Lipinski definition) is 1. The third-order valence-corrected chi connectivity index (χ3v) is 4.63. The number of nitrogens with one attached hydrogen (secondary N) is 1. The molecule has 0 bridgehead atoms. The zero-order valence-corrected chi connectivity index (χ0v) is 11.7. The lowest BCUT2D eigenvalue weighted by Gasteiger charge is -2.38. The van der Waals surface area contributed by atoms with Gasteiger partial charge in [0.2, 0.25) is 0 Å². The molecule has 1 aliphatic rings. The van der Waals surface area contributed by atoms with Gasteiger partial charge in [0.1, 0.15) is 0 Å². The number of anilines is 1. The topological polar surface area (TPSA) is 58.1 Å². The third-order valence-electron chi connectivity index (χ3n) is 3.29. The fraction of sp³-hybridized carbons (Fsp3) is 0.583. The molecule has 1 fully saturated rings. The van der Waals surface area contributed by atoms with Crippen molar-refractivity contribution in [3.63, 3.8) is 0 Å². The number of nitrogens with zero attached hydrogens (tertiary/aromatic N) is 3. The maximum Gasteiger partial charge on any atom is 0.271 e. The molecule has 1 amide bonds. The number of thioether (sulfide) groups is 1.